The third-order valence-corrected chi connectivity index (χ3v) is 5.37. The maximum absolute atomic E-state index is 13.8. The number of thioether (sulfide) groups is 1. The second kappa shape index (κ2) is 10.5. The van der Waals surface area contributed by atoms with E-state index < -0.39 is 11.1 Å². The molecule has 7 heteroatoms. The number of hydrogen-bond acceptors (Lipinski definition) is 3. The molecule has 4 nitrogen and oxygen atoms in total. The van der Waals surface area contributed by atoms with Crippen LogP contribution in [0, 0.1) is 5.82 Å². The Morgan fingerprint density at radius 1 is 1.15 bits per heavy atom. The zero-order chi connectivity index (χ0) is 19.8. The Kier molecular flexibility index (Phi) is 8.31. The minimum Gasteiger partial charge on any atom is -0.326 e. The molecule has 2 aromatic rings. The predicted octanol–water partition coefficient (Wildman–Crippen LogP) is 5.84. The summed E-state index contributed by atoms with van der Waals surface area (Å²) in [5, 5.41) is 5.05. The number of anilines is 2. The van der Waals surface area contributed by atoms with Gasteiger partial charge in [-0.15, -0.1) is 11.8 Å². The van der Waals surface area contributed by atoms with Crippen molar-refractivity contribution < 1.29 is 14.0 Å². The van der Waals surface area contributed by atoms with Gasteiger partial charge < -0.3 is 10.6 Å². The van der Waals surface area contributed by atoms with E-state index in [1.54, 1.807) is 13.0 Å². The standard InChI is InChI=1S/C20H22BrFN2O2S/c1-3-4-5-19(25)23-15-7-9-16(10-8-15)27-13(2)20(26)24-18-11-6-14(21)12-17(18)22/h6-13H,3-5H2,1-2H3,(H,23,25)(H,24,26). The lowest BCUT2D eigenvalue weighted by Crippen LogP contribution is -2.22. The summed E-state index contributed by atoms with van der Waals surface area (Å²) in [7, 11) is 0. The second-order valence-electron chi connectivity index (χ2n) is 6.05. The molecule has 2 amide bonds. The highest BCUT2D eigenvalue weighted by Gasteiger charge is 2.16. The summed E-state index contributed by atoms with van der Waals surface area (Å²) in [6.07, 6.45) is 2.36. The Hall–Kier alpha value is -1.86. The van der Waals surface area contributed by atoms with Crippen LogP contribution in [-0.2, 0) is 9.59 Å². The van der Waals surface area contributed by atoms with E-state index in [-0.39, 0.29) is 17.5 Å². The fraction of sp³-hybridized carbons (Fsp3) is 0.300. The largest absolute Gasteiger partial charge is 0.326 e. The Labute approximate surface area is 171 Å². The molecule has 0 fully saturated rings. The number of amides is 2. The van der Waals surface area contributed by atoms with Crippen LogP contribution < -0.4 is 10.6 Å². The number of nitrogens with one attached hydrogen (secondary N) is 2. The monoisotopic (exact) mass is 452 g/mol. The van der Waals surface area contributed by atoms with Gasteiger partial charge in [0.2, 0.25) is 11.8 Å². The lowest BCUT2D eigenvalue weighted by atomic mass is 10.2. The lowest BCUT2D eigenvalue weighted by Gasteiger charge is -2.13. The SMILES string of the molecule is CCCCC(=O)Nc1ccc(SC(C)C(=O)Nc2ccc(Br)cc2F)cc1. The van der Waals surface area contributed by atoms with E-state index in [0.717, 1.165) is 23.4 Å². The summed E-state index contributed by atoms with van der Waals surface area (Å²) in [5.74, 6) is -0.766. The highest BCUT2D eigenvalue weighted by molar-refractivity contribution is 9.10. The topological polar surface area (TPSA) is 58.2 Å². The molecular formula is C20H22BrFN2O2S. The number of benzene rings is 2. The summed E-state index contributed by atoms with van der Waals surface area (Å²) in [5.41, 5.74) is 0.885. The lowest BCUT2D eigenvalue weighted by molar-refractivity contribution is -0.116. The van der Waals surface area contributed by atoms with Gasteiger partial charge in [0.05, 0.1) is 10.9 Å². The summed E-state index contributed by atoms with van der Waals surface area (Å²) in [6, 6.07) is 11.8. The first-order valence-corrected chi connectivity index (χ1v) is 10.4. The number of carbonyl (C=O) groups is 2. The Bertz CT molecular complexity index is 799. The van der Waals surface area contributed by atoms with Gasteiger partial charge in [-0.25, -0.2) is 4.39 Å². The van der Waals surface area contributed by atoms with Crippen molar-refractivity contribution in [2.24, 2.45) is 0 Å². The van der Waals surface area contributed by atoms with Crippen molar-refractivity contribution in [3.8, 4) is 0 Å². The van der Waals surface area contributed by atoms with Gasteiger partial charge in [0.15, 0.2) is 0 Å². The molecule has 27 heavy (non-hydrogen) atoms. The van der Waals surface area contributed by atoms with E-state index in [1.165, 1.54) is 23.9 Å². The van der Waals surface area contributed by atoms with E-state index in [1.807, 2.05) is 31.2 Å². The quantitative estimate of drug-likeness (QED) is 0.494. The number of carbonyl (C=O) groups excluding carboxylic acids is 2. The van der Waals surface area contributed by atoms with E-state index >= 15 is 0 Å². The molecule has 0 heterocycles. The van der Waals surface area contributed by atoms with E-state index in [9.17, 15) is 14.0 Å². The zero-order valence-corrected chi connectivity index (χ0v) is 17.6. The molecule has 0 aliphatic heterocycles. The molecule has 0 spiro atoms. The van der Waals surface area contributed by atoms with Crippen LogP contribution in [0.15, 0.2) is 51.8 Å². The van der Waals surface area contributed by atoms with Crippen molar-refractivity contribution in [1.29, 1.82) is 0 Å². The average molecular weight is 453 g/mol. The summed E-state index contributed by atoms with van der Waals surface area (Å²) >= 11 is 4.55. The van der Waals surface area contributed by atoms with Gasteiger partial charge in [-0.1, -0.05) is 29.3 Å². The molecule has 0 saturated heterocycles. The minimum absolute atomic E-state index is 0.00141. The van der Waals surface area contributed by atoms with Crippen LogP contribution >= 0.6 is 27.7 Å². The number of halogens is 2. The van der Waals surface area contributed by atoms with Crippen molar-refractivity contribution in [3.05, 3.63) is 52.8 Å². The zero-order valence-electron chi connectivity index (χ0n) is 15.2. The molecule has 0 bridgehead atoms. The molecule has 2 N–H and O–H groups in total. The van der Waals surface area contributed by atoms with Gasteiger partial charge in [-0.3, -0.25) is 9.59 Å². The maximum atomic E-state index is 13.8. The van der Waals surface area contributed by atoms with Crippen LogP contribution in [0.5, 0.6) is 0 Å². The Morgan fingerprint density at radius 2 is 1.85 bits per heavy atom. The number of unbranched alkanes of at least 4 members (excludes halogenated alkanes) is 1. The van der Waals surface area contributed by atoms with Gasteiger partial charge >= 0.3 is 0 Å². The van der Waals surface area contributed by atoms with Crippen molar-refractivity contribution in [3.63, 3.8) is 0 Å². The first-order valence-electron chi connectivity index (χ1n) is 8.71. The van der Waals surface area contributed by atoms with Crippen LogP contribution in [0.2, 0.25) is 0 Å². The summed E-state index contributed by atoms with van der Waals surface area (Å²) < 4.78 is 14.5. The Balaban J connectivity index is 1.90. The van der Waals surface area contributed by atoms with Crippen molar-refractivity contribution in [2.75, 3.05) is 10.6 Å². The van der Waals surface area contributed by atoms with Crippen molar-refractivity contribution in [2.45, 2.75) is 43.3 Å². The van der Waals surface area contributed by atoms with Crippen LogP contribution in [-0.4, -0.2) is 17.1 Å². The van der Waals surface area contributed by atoms with Crippen LogP contribution in [0.4, 0.5) is 15.8 Å². The molecule has 0 aliphatic carbocycles. The number of hydrogen-bond donors (Lipinski definition) is 2. The molecule has 2 rings (SSSR count). The van der Waals surface area contributed by atoms with Crippen molar-refractivity contribution >= 4 is 50.9 Å². The Morgan fingerprint density at radius 3 is 2.48 bits per heavy atom. The molecule has 0 saturated carbocycles. The van der Waals surface area contributed by atoms with Gasteiger partial charge in [0, 0.05) is 21.5 Å². The van der Waals surface area contributed by atoms with Crippen molar-refractivity contribution in [1.82, 2.24) is 0 Å². The second-order valence-corrected chi connectivity index (χ2v) is 8.38. The van der Waals surface area contributed by atoms with Gasteiger partial charge in [0.25, 0.3) is 0 Å². The smallest absolute Gasteiger partial charge is 0.237 e. The molecular weight excluding hydrogens is 431 g/mol. The fourth-order valence-electron chi connectivity index (χ4n) is 2.26. The fourth-order valence-corrected chi connectivity index (χ4v) is 3.46. The first-order chi connectivity index (χ1) is 12.9. The summed E-state index contributed by atoms with van der Waals surface area (Å²) in [4.78, 5) is 24.9. The van der Waals surface area contributed by atoms with Gasteiger partial charge in [0.1, 0.15) is 5.82 Å². The molecule has 0 aromatic heterocycles. The average Bonchev–Trinajstić information content (AvgIpc) is 2.63. The van der Waals surface area contributed by atoms with E-state index in [0.29, 0.717) is 10.9 Å². The van der Waals surface area contributed by atoms with Crippen LogP contribution in [0.25, 0.3) is 0 Å². The van der Waals surface area contributed by atoms with Crippen LogP contribution in [0.1, 0.15) is 33.1 Å². The first kappa shape index (κ1) is 21.4. The van der Waals surface area contributed by atoms with E-state index in [4.69, 9.17) is 0 Å². The predicted molar refractivity (Wildman–Crippen MR) is 113 cm³/mol. The molecule has 0 aliphatic rings. The molecule has 0 radical (unpaired) electrons. The van der Waals surface area contributed by atoms with Gasteiger partial charge in [-0.05, 0) is 55.8 Å². The minimum atomic E-state index is -0.488. The summed E-state index contributed by atoms with van der Waals surface area (Å²) in [6.45, 7) is 3.80. The van der Waals surface area contributed by atoms with Crippen LogP contribution in [0.3, 0.4) is 0 Å². The third kappa shape index (κ3) is 6.99. The number of rotatable bonds is 8. The third-order valence-electron chi connectivity index (χ3n) is 3.77. The maximum Gasteiger partial charge on any atom is 0.237 e. The normalized spacial score (nSPS) is 11.7. The molecule has 1 atom stereocenters. The van der Waals surface area contributed by atoms with E-state index in [2.05, 4.69) is 26.6 Å². The van der Waals surface area contributed by atoms with Gasteiger partial charge in [-0.2, -0.15) is 0 Å². The highest BCUT2D eigenvalue weighted by atomic mass is 79.9. The molecule has 2 aromatic carbocycles. The highest BCUT2D eigenvalue weighted by Crippen LogP contribution is 2.26. The molecule has 144 valence electrons. The molecule has 1 unspecified atom stereocenters.